The SMILES string of the molecule is CN(CCN(C)C1CC1)C(=O)c1c[nH]c2cccc(C#N)c12. The van der Waals surface area contributed by atoms with Gasteiger partial charge in [0.2, 0.25) is 0 Å². The van der Waals surface area contributed by atoms with Gasteiger partial charge in [-0.05, 0) is 32.0 Å². The van der Waals surface area contributed by atoms with Crippen molar-refractivity contribution in [3.63, 3.8) is 0 Å². The summed E-state index contributed by atoms with van der Waals surface area (Å²) in [6, 6.07) is 8.31. The van der Waals surface area contributed by atoms with Crippen molar-refractivity contribution in [2.45, 2.75) is 18.9 Å². The summed E-state index contributed by atoms with van der Waals surface area (Å²) in [5.41, 5.74) is 1.93. The van der Waals surface area contributed by atoms with Gasteiger partial charge in [0.15, 0.2) is 0 Å². The Balaban J connectivity index is 1.78. The summed E-state index contributed by atoms with van der Waals surface area (Å²) in [6.45, 7) is 1.56. The van der Waals surface area contributed by atoms with Crippen molar-refractivity contribution in [1.29, 1.82) is 5.26 Å². The van der Waals surface area contributed by atoms with E-state index in [1.54, 1.807) is 17.2 Å². The average Bonchev–Trinajstić information content (AvgIpc) is 3.30. The van der Waals surface area contributed by atoms with E-state index in [0.717, 1.165) is 17.4 Å². The van der Waals surface area contributed by atoms with Gasteiger partial charge in [0.1, 0.15) is 0 Å². The van der Waals surface area contributed by atoms with Gasteiger partial charge in [-0.15, -0.1) is 0 Å². The number of nitrogens with zero attached hydrogens (tertiary/aromatic N) is 3. The smallest absolute Gasteiger partial charge is 0.255 e. The van der Waals surface area contributed by atoms with Crippen molar-refractivity contribution in [3.05, 3.63) is 35.5 Å². The van der Waals surface area contributed by atoms with Crippen LogP contribution in [0.1, 0.15) is 28.8 Å². The zero-order valence-electron chi connectivity index (χ0n) is 13.0. The van der Waals surface area contributed by atoms with Gasteiger partial charge in [-0.1, -0.05) is 6.07 Å². The Morgan fingerprint density at radius 2 is 2.14 bits per heavy atom. The molecular formula is C17H20N4O. The van der Waals surface area contributed by atoms with Crippen LogP contribution in [0.2, 0.25) is 0 Å². The molecule has 0 bridgehead atoms. The topological polar surface area (TPSA) is 63.1 Å². The van der Waals surface area contributed by atoms with E-state index in [0.29, 0.717) is 23.7 Å². The van der Waals surface area contributed by atoms with Crippen LogP contribution in [0.25, 0.3) is 10.9 Å². The van der Waals surface area contributed by atoms with Crippen molar-refractivity contribution >= 4 is 16.8 Å². The number of likely N-dealkylation sites (N-methyl/N-ethyl adjacent to an activating group) is 2. The lowest BCUT2D eigenvalue weighted by Crippen LogP contribution is -2.35. The van der Waals surface area contributed by atoms with Gasteiger partial charge in [-0.3, -0.25) is 4.79 Å². The molecule has 0 spiro atoms. The van der Waals surface area contributed by atoms with Crippen LogP contribution in [0.15, 0.2) is 24.4 Å². The maximum absolute atomic E-state index is 12.7. The van der Waals surface area contributed by atoms with E-state index in [2.05, 4.69) is 23.0 Å². The summed E-state index contributed by atoms with van der Waals surface area (Å²) in [6.07, 6.45) is 4.24. The maximum Gasteiger partial charge on any atom is 0.255 e. The number of benzene rings is 1. The molecule has 5 nitrogen and oxygen atoms in total. The number of rotatable bonds is 5. The molecule has 1 aliphatic carbocycles. The number of H-pyrrole nitrogens is 1. The van der Waals surface area contributed by atoms with Crippen molar-refractivity contribution in [1.82, 2.24) is 14.8 Å². The molecule has 0 unspecified atom stereocenters. The molecule has 22 heavy (non-hydrogen) atoms. The number of hydrogen-bond acceptors (Lipinski definition) is 3. The van der Waals surface area contributed by atoms with Crippen LogP contribution < -0.4 is 0 Å². The predicted molar refractivity (Wildman–Crippen MR) is 85.6 cm³/mol. The molecule has 0 aliphatic heterocycles. The highest BCUT2D eigenvalue weighted by Crippen LogP contribution is 2.25. The first-order valence-corrected chi connectivity index (χ1v) is 7.57. The van der Waals surface area contributed by atoms with Crippen LogP contribution in [0.3, 0.4) is 0 Å². The minimum atomic E-state index is -0.0434. The second-order valence-corrected chi connectivity index (χ2v) is 5.98. The third-order valence-corrected chi connectivity index (χ3v) is 4.36. The van der Waals surface area contributed by atoms with Crippen molar-refractivity contribution in [2.75, 3.05) is 27.2 Å². The number of carbonyl (C=O) groups excluding carboxylic acids is 1. The number of nitrogens with one attached hydrogen (secondary N) is 1. The molecule has 2 aromatic rings. The van der Waals surface area contributed by atoms with E-state index in [1.807, 2.05) is 19.2 Å². The van der Waals surface area contributed by atoms with Gasteiger partial charge in [0.25, 0.3) is 5.91 Å². The standard InChI is InChI=1S/C17H20N4O/c1-20(13-6-7-13)8-9-21(2)17(22)14-11-19-15-5-3-4-12(10-18)16(14)15/h3-5,11,13,19H,6-9H2,1-2H3. The van der Waals surface area contributed by atoms with Gasteiger partial charge in [0.05, 0.1) is 17.2 Å². The number of aromatic amines is 1. The van der Waals surface area contributed by atoms with E-state index in [1.165, 1.54) is 12.8 Å². The van der Waals surface area contributed by atoms with E-state index < -0.39 is 0 Å². The molecule has 1 fully saturated rings. The molecule has 0 saturated heterocycles. The first-order chi connectivity index (χ1) is 10.6. The summed E-state index contributed by atoms with van der Waals surface area (Å²) in [4.78, 5) is 19.8. The zero-order chi connectivity index (χ0) is 15.7. The number of nitriles is 1. The molecule has 3 rings (SSSR count). The van der Waals surface area contributed by atoms with Crippen LogP contribution in [0.4, 0.5) is 0 Å². The molecule has 1 saturated carbocycles. The summed E-state index contributed by atoms with van der Waals surface area (Å²) in [5, 5.41) is 9.97. The van der Waals surface area contributed by atoms with Crippen LogP contribution in [0.5, 0.6) is 0 Å². The fourth-order valence-electron chi connectivity index (χ4n) is 2.76. The minimum absolute atomic E-state index is 0.0434. The van der Waals surface area contributed by atoms with Gasteiger partial charge in [-0.2, -0.15) is 5.26 Å². The van der Waals surface area contributed by atoms with Crippen LogP contribution >= 0.6 is 0 Å². The molecule has 1 aliphatic rings. The summed E-state index contributed by atoms with van der Waals surface area (Å²) in [7, 11) is 3.92. The Kier molecular flexibility index (Phi) is 3.86. The first kappa shape index (κ1) is 14.6. The number of amides is 1. The van der Waals surface area contributed by atoms with Gasteiger partial charge < -0.3 is 14.8 Å². The third kappa shape index (κ3) is 2.70. The van der Waals surface area contributed by atoms with E-state index in [-0.39, 0.29) is 5.91 Å². The Labute approximate surface area is 130 Å². The molecule has 1 amide bonds. The Morgan fingerprint density at radius 3 is 2.82 bits per heavy atom. The first-order valence-electron chi connectivity index (χ1n) is 7.57. The number of carbonyl (C=O) groups is 1. The molecule has 1 aromatic heterocycles. The van der Waals surface area contributed by atoms with Crippen molar-refractivity contribution in [3.8, 4) is 6.07 Å². The van der Waals surface area contributed by atoms with Gasteiger partial charge in [0, 0.05) is 43.3 Å². The molecule has 5 heteroatoms. The number of fused-ring (bicyclic) bond motifs is 1. The molecule has 0 radical (unpaired) electrons. The maximum atomic E-state index is 12.7. The predicted octanol–water partition coefficient (Wildman–Crippen LogP) is 2.21. The van der Waals surface area contributed by atoms with Crippen LogP contribution in [-0.4, -0.2) is 53.9 Å². The lowest BCUT2D eigenvalue weighted by Gasteiger charge is -2.21. The van der Waals surface area contributed by atoms with Crippen molar-refractivity contribution < 1.29 is 4.79 Å². The second kappa shape index (κ2) is 5.82. The Bertz CT molecular complexity index is 739. The normalized spacial score (nSPS) is 14.3. The highest BCUT2D eigenvalue weighted by molar-refractivity contribution is 6.08. The molecule has 1 aromatic carbocycles. The van der Waals surface area contributed by atoms with E-state index in [4.69, 9.17) is 0 Å². The van der Waals surface area contributed by atoms with Crippen molar-refractivity contribution in [2.24, 2.45) is 0 Å². The minimum Gasteiger partial charge on any atom is -0.360 e. The summed E-state index contributed by atoms with van der Waals surface area (Å²) < 4.78 is 0. The second-order valence-electron chi connectivity index (χ2n) is 5.98. The van der Waals surface area contributed by atoms with Gasteiger partial charge >= 0.3 is 0 Å². The Hall–Kier alpha value is -2.32. The molecule has 0 atom stereocenters. The monoisotopic (exact) mass is 296 g/mol. The average molecular weight is 296 g/mol. The molecular weight excluding hydrogens is 276 g/mol. The Morgan fingerprint density at radius 1 is 1.36 bits per heavy atom. The highest BCUT2D eigenvalue weighted by Gasteiger charge is 2.26. The quantitative estimate of drug-likeness (QED) is 0.920. The summed E-state index contributed by atoms with van der Waals surface area (Å²) >= 11 is 0. The largest absolute Gasteiger partial charge is 0.360 e. The highest BCUT2D eigenvalue weighted by atomic mass is 16.2. The van der Waals surface area contributed by atoms with Crippen LogP contribution in [0, 0.1) is 11.3 Å². The zero-order valence-corrected chi connectivity index (χ0v) is 13.0. The molecule has 114 valence electrons. The van der Waals surface area contributed by atoms with E-state index in [9.17, 15) is 10.1 Å². The van der Waals surface area contributed by atoms with Crippen LogP contribution in [-0.2, 0) is 0 Å². The van der Waals surface area contributed by atoms with E-state index >= 15 is 0 Å². The fourth-order valence-corrected chi connectivity index (χ4v) is 2.76. The lowest BCUT2D eigenvalue weighted by atomic mass is 10.1. The number of aromatic nitrogens is 1. The molecule has 1 heterocycles. The lowest BCUT2D eigenvalue weighted by molar-refractivity contribution is 0.0783. The molecule has 1 N–H and O–H groups in total. The third-order valence-electron chi connectivity index (χ3n) is 4.36. The fraction of sp³-hybridized carbons (Fsp3) is 0.412. The summed E-state index contributed by atoms with van der Waals surface area (Å²) in [5.74, 6) is -0.0434. The van der Waals surface area contributed by atoms with Gasteiger partial charge in [-0.25, -0.2) is 0 Å². The number of hydrogen-bond donors (Lipinski definition) is 1.